The first-order valence-electron chi connectivity index (χ1n) is 7.40. The smallest absolute Gasteiger partial charge is 0.364 e. The number of carbonyl (C=O) groups excluding carboxylic acids is 3. The third-order valence-electron chi connectivity index (χ3n) is 3.88. The molecule has 25 heavy (non-hydrogen) atoms. The van der Waals surface area contributed by atoms with Crippen LogP contribution in [0, 0.1) is 6.92 Å². The van der Waals surface area contributed by atoms with Gasteiger partial charge >= 0.3 is 5.97 Å². The molecule has 0 atom stereocenters. The SMILES string of the molecule is COc1cc(C)c(C(=O)ON2C(=O)c3ccccc3C2=O)cc1OC. The van der Waals surface area contributed by atoms with Crippen molar-refractivity contribution in [3.63, 3.8) is 0 Å². The van der Waals surface area contributed by atoms with Gasteiger partial charge in [0, 0.05) is 0 Å². The van der Waals surface area contributed by atoms with Crippen molar-refractivity contribution >= 4 is 17.8 Å². The summed E-state index contributed by atoms with van der Waals surface area (Å²) in [6, 6.07) is 9.32. The van der Waals surface area contributed by atoms with Gasteiger partial charge in [0.05, 0.1) is 30.9 Å². The predicted octanol–water partition coefficient (Wildman–Crippen LogP) is 2.38. The molecule has 2 aromatic carbocycles. The molecule has 0 aliphatic carbocycles. The molecule has 3 rings (SSSR count). The Morgan fingerprint density at radius 1 is 0.920 bits per heavy atom. The summed E-state index contributed by atoms with van der Waals surface area (Å²) in [4.78, 5) is 42.1. The van der Waals surface area contributed by atoms with Crippen LogP contribution in [-0.4, -0.2) is 37.1 Å². The topological polar surface area (TPSA) is 82.1 Å². The van der Waals surface area contributed by atoms with E-state index < -0.39 is 17.8 Å². The molecule has 0 spiro atoms. The molecule has 0 unspecified atom stereocenters. The lowest BCUT2D eigenvalue weighted by molar-refractivity contribution is -0.0585. The Morgan fingerprint density at radius 3 is 1.96 bits per heavy atom. The van der Waals surface area contributed by atoms with Gasteiger partial charge in [0.25, 0.3) is 11.8 Å². The highest BCUT2D eigenvalue weighted by Crippen LogP contribution is 2.31. The van der Waals surface area contributed by atoms with Crippen LogP contribution in [0.25, 0.3) is 0 Å². The number of carbonyl (C=O) groups is 3. The third kappa shape index (κ3) is 2.69. The van der Waals surface area contributed by atoms with Crippen molar-refractivity contribution < 1.29 is 28.7 Å². The molecule has 0 radical (unpaired) electrons. The molecule has 1 heterocycles. The lowest BCUT2D eigenvalue weighted by atomic mass is 10.1. The summed E-state index contributed by atoms with van der Waals surface area (Å²) in [5.74, 6) is -1.40. The fourth-order valence-corrected chi connectivity index (χ4v) is 2.58. The Morgan fingerprint density at radius 2 is 1.44 bits per heavy atom. The summed E-state index contributed by atoms with van der Waals surface area (Å²) in [7, 11) is 2.92. The summed E-state index contributed by atoms with van der Waals surface area (Å²) in [6.07, 6.45) is 0. The first kappa shape index (κ1) is 16.5. The standard InChI is InChI=1S/C18H15NO6/c1-10-8-14(23-2)15(24-3)9-13(10)18(22)25-19-16(20)11-6-4-5-7-12(11)17(19)21/h4-9H,1-3H3. The zero-order valence-electron chi connectivity index (χ0n) is 13.9. The zero-order valence-corrected chi connectivity index (χ0v) is 13.9. The maximum Gasteiger partial charge on any atom is 0.364 e. The molecule has 7 nitrogen and oxygen atoms in total. The van der Waals surface area contributed by atoms with Gasteiger partial charge in [-0.15, -0.1) is 0 Å². The Bertz CT molecular complexity index is 854. The van der Waals surface area contributed by atoms with Gasteiger partial charge in [0.2, 0.25) is 0 Å². The third-order valence-corrected chi connectivity index (χ3v) is 3.88. The number of methoxy groups -OCH3 is 2. The van der Waals surface area contributed by atoms with Crippen molar-refractivity contribution in [2.45, 2.75) is 6.92 Å². The van der Waals surface area contributed by atoms with E-state index >= 15 is 0 Å². The van der Waals surface area contributed by atoms with Gasteiger partial charge in [-0.3, -0.25) is 9.59 Å². The predicted molar refractivity (Wildman–Crippen MR) is 86.6 cm³/mol. The summed E-state index contributed by atoms with van der Waals surface area (Å²) in [5.41, 5.74) is 1.11. The first-order valence-corrected chi connectivity index (χ1v) is 7.40. The number of nitrogens with zero attached hydrogens (tertiary/aromatic N) is 1. The lowest BCUT2D eigenvalue weighted by Gasteiger charge is -2.15. The van der Waals surface area contributed by atoms with Crippen molar-refractivity contribution in [2.24, 2.45) is 0 Å². The van der Waals surface area contributed by atoms with E-state index in [1.807, 2.05) is 0 Å². The van der Waals surface area contributed by atoms with Gasteiger partial charge in [0.15, 0.2) is 11.5 Å². The zero-order chi connectivity index (χ0) is 18.1. The molecular weight excluding hydrogens is 326 g/mol. The molecule has 128 valence electrons. The summed E-state index contributed by atoms with van der Waals surface area (Å²) in [5, 5.41) is 0.475. The highest BCUT2D eigenvalue weighted by atomic mass is 16.7. The Kier molecular flexibility index (Phi) is 4.14. The van der Waals surface area contributed by atoms with E-state index in [1.54, 1.807) is 25.1 Å². The number of fused-ring (bicyclic) bond motifs is 1. The summed E-state index contributed by atoms with van der Waals surface area (Å²) < 4.78 is 10.3. The van der Waals surface area contributed by atoms with Crippen LogP contribution in [0.1, 0.15) is 36.6 Å². The highest BCUT2D eigenvalue weighted by Gasteiger charge is 2.39. The van der Waals surface area contributed by atoms with E-state index in [2.05, 4.69) is 0 Å². The minimum atomic E-state index is -0.840. The Hall–Kier alpha value is -3.35. The van der Waals surface area contributed by atoms with E-state index in [9.17, 15) is 14.4 Å². The van der Waals surface area contributed by atoms with Crippen molar-refractivity contribution in [1.29, 1.82) is 0 Å². The van der Waals surface area contributed by atoms with Gasteiger partial charge in [-0.05, 0) is 36.8 Å². The minimum Gasteiger partial charge on any atom is -0.493 e. The van der Waals surface area contributed by atoms with Gasteiger partial charge < -0.3 is 14.3 Å². The summed E-state index contributed by atoms with van der Waals surface area (Å²) in [6.45, 7) is 1.68. The van der Waals surface area contributed by atoms with Crippen LogP contribution >= 0.6 is 0 Å². The van der Waals surface area contributed by atoms with E-state index in [4.69, 9.17) is 14.3 Å². The van der Waals surface area contributed by atoms with Crippen molar-refractivity contribution in [2.75, 3.05) is 14.2 Å². The second kappa shape index (κ2) is 6.27. The Labute approximate surface area is 143 Å². The normalized spacial score (nSPS) is 12.8. The number of imide groups is 1. The quantitative estimate of drug-likeness (QED) is 0.794. The van der Waals surface area contributed by atoms with Crippen molar-refractivity contribution in [3.8, 4) is 11.5 Å². The average molecular weight is 341 g/mol. The maximum absolute atomic E-state index is 12.5. The molecular formula is C18H15NO6. The molecule has 0 aromatic heterocycles. The first-order chi connectivity index (χ1) is 12.0. The van der Waals surface area contributed by atoms with Gasteiger partial charge in [-0.1, -0.05) is 17.2 Å². The van der Waals surface area contributed by atoms with Gasteiger partial charge in [-0.25, -0.2) is 4.79 Å². The van der Waals surface area contributed by atoms with Crippen LogP contribution in [0.5, 0.6) is 11.5 Å². The number of hydrogen-bond acceptors (Lipinski definition) is 6. The van der Waals surface area contributed by atoms with Crippen LogP contribution in [-0.2, 0) is 4.84 Å². The van der Waals surface area contributed by atoms with Gasteiger partial charge in [0.1, 0.15) is 0 Å². The molecule has 0 saturated carbocycles. The van der Waals surface area contributed by atoms with E-state index in [0.717, 1.165) is 0 Å². The highest BCUT2D eigenvalue weighted by molar-refractivity contribution is 6.21. The van der Waals surface area contributed by atoms with Gasteiger partial charge in [-0.2, -0.15) is 0 Å². The fourth-order valence-electron chi connectivity index (χ4n) is 2.58. The maximum atomic E-state index is 12.5. The van der Waals surface area contributed by atoms with E-state index in [-0.39, 0.29) is 16.7 Å². The van der Waals surface area contributed by atoms with Crippen LogP contribution in [0.4, 0.5) is 0 Å². The summed E-state index contributed by atoms with van der Waals surface area (Å²) >= 11 is 0. The van der Waals surface area contributed by atoms with Crippen LogP contribution in [0.3, 0.4) is 0 Å². The molecule has 2 amide bonds. The molecule has 0 fully saturated rings. The fraction of sp³-hybridized carbons (Fsp3) is 0.167. The second-order valence-corrected chi connectivity index (χ2v) is 5.35. The molecule has 0 saturated heterocycles. The number of hydrogen-bond donors (Lipinski definition) is 0. The van der Waals surface area contributed by atoms with Crippen LogP contribution in [0.2, 0.25) is 0 Å². The number of benzene rings is 2. The lowest BCUT2D eigenvalue weighted by Crippen LogP contribution is -2.32. The van der Waals surface area contributed by atoms with E-state index in [1.165, 1.54) is 32.4 Å². The molecule has 7 heteroatoms. The Balaban J connectivity index is 1.89. The molecule has 1 aliphatic rings. The monoisotopic (exact) mass is 341 g/mol. The molecule has 1 aliphatic heterocycles. The second-order valence-electron chi connectivity index (χ2n) is 5.35. The molecule has 2 aromatic rings. The number of aryl methyl sites for hydroxylation is 1. The number of amides is 2. The van der Waals surface area contributed by atoms with Crippen LogP contribution in [0.15, 0.2) is 36.4 Å². The molecule has 0 bridgehead atoms. The number of rotatable bonds is 4. The van der Waals surface area contributed by atoms with Crippen molar-refractivity contribution in [3.05, 3.63) is 58.7 Å². The van der Waals surface area contributed by atoms with Crippen LogP contribution < -0.4 is 9.47 Å². The number of ether oxygens (including phenoxy) is 2. The minimum absolute atomic E-state index is 0.161. The van der Waals surface area contributed by atoms with E-state index in [0.29, 0.717) is 22.1 Å². The largest absolute Gasteiger partial charge is 0.493 e. The van der Waals surface area contributed by atoms with Crippen molar-refractivity contribution in [1.82, 2.24) is 5.06 Å². The number of hydroxylamine groups is 2. The molecule has 0 N–H and O–H groups in total. The average Bonchev–Trinajstić information content (AvgIpc) is 2.86.